The third-order valence-corrected chi connectivity index (χ3v) is 6.54. The Morgan fingerprint density at radius 2 is 1.79 bits per heavy atom. The summed E-state index contributed by atoms with van der Waals surface area (Å²) in [6.07, 6.45) is 1.63. The molecule has 3 aliphatic rings. The topological polar surface area (TPSA) is 90.4 Å². The summed E-state index contributed by atoms with van der Waals surface area (Å²) in [6, 6.07) is -1.42. The maximum absolute atomic E-state index is 13.5. The normalized spacial score (nSPS) is 31.8. The number of nitrogens with zero attached hydrogens (tertiary/aromatic N) is 3. The Kier molecular flexibility index (Phi) is 5.62. The Bertz CT molecular complexity index is 682. The van der Waals surface area contributed by atoms with E-state index in [1.54, 1.807) is 37.5 Å². The van der Waals surface area contributed by atoms with Gasteiger partial charge in [-0.15, -0.1) is 0 Å². The second-order valence-electron chi connectivity index (χ2n) is 9.77. The van der Waals surface area contributed by atoms with Gasteiger partial charge in [0.15, 0.2) is 0 Å². The second kappa shape index (κ2) is 7.45. The summed E-state index contributed by atoms with van der Waals surface area (Å²) in [5.74, 6) is -0.471. The molecule has 1 N–H and O–H groups in total. The van der Waals surface area contributed by atoms with Gasteiger partial charge in [-0.3, -0.25) is 14.5 Å². The van der Waals surface area contributed by atoms with Gasteiger partial charge in [-0.05, 0) is 67.2 Å². The molecule has 8 heteroatoms. The molecule has 1 spiro atoms. The van der Waals surface area contributed by atoms with Crippen molar-refractivity contribution in [1.82, 2.24) is 14.7 Å². The van der Waals surface area contributed by atoms with Gasteiger partial charge in [-0.1, -0.05) is 0 Å². The van der Waals surface area contributed by atoms with Gasteiger partial charge in [0.05, 0.1) is 12.1 Å². The summed E-state index contributed by atoms with van der Waals surface area (Å²) < 4.78 is 5.58. The molecule has 0 aromatic carbocycles. The standard InChI is InChI=1S/C21H35N3O5/c1-13-9-10-21(24(13)19(28)29-20(4,5)6)15(3)23(18(21)27)16(14(2)25)17(26)22-11-7-8-12-22/h13-16,25H,7-12H2,1-6H3/t13?,14-,15?,16?,21?/m1/s1. The van der Waals surface area contributed by atoms with E-state index in [0.717, 1.165) is 12.8 Å². The first kappa shape index (κ1) is 21.9. The third kappa shape index (κ3) is 3.49. The van der Waals surface area contributed by atoms with E-state index in [1.807, 2.05) is 13.8 Å². The average molecular weight is 410 g/mol. The molecule has 5 atom stereocenters. The van der Waals surface area contributed by atoms with Crippen molar-refractivity contribution in [1.29, 1.82) is 0 Å². The molecular formula is C21H35N3O5. The highest BCUT2D eigenvalue weighted by Gasteiger charge is 2.69. The predicted molar refractivity (Wildman–Crippen MR) is 107 cm³/mol. The van der Waals surface area contributed by atoms with E-state index in [0.29, 0.717) is 25.9 Å². The summed E-state index contributed by atoms with van der Waals surface area (Å²) in [6.45, 7) is 12.0. The van der Waals surface area contributed by atoms with Crippen molar-refractivity contribution < 1.29 is 24.2 Å². The molecule has 0 aliphatic carbocycles. The number of ether oxygens (including phenoxy) is 1. The molecule has 3 aliphatic heterocycles. The first-order valence-corrected chi connectivity index (χ1v) is 10.7. The lowest BCUT2D eigenvalue weighted by Gasteiger charge is -2.59. The monoisotopic (exact) mass is 409 g/mol. The first-order valence-electron chi connectivity index (χ1n) is 10.7. The van der Waals surface area contributed by atoms with E-state index in [1.165, 1.54) is 4.90 Å². The fourth-order valence-corrected chi connectivity index (χ4v) is 5.14. The molecule has 0 aromatic heterocycles. The summed E-state index contributed by atoms with van der Waals surface area (Å²) in [5, 5.41) is 10.4. The van der Waals surface area contributed by atoms with Crippen molar-refractivity contribution in [2.45, 2.75) is 103 Å². The number of β-lactam (4-membered cyclic amide) rings is 1. The molecule has 0 radical (unpaired) electrons. The summed E-state index contributed by atoms with van der Waals surface area (Å²) in [5.41, 5.74) is -1.66. The molecule has 3 fully saturated rings. The summed E-state index contributed by atoms with van der Waals surface area (Å²) in [4.78, 5) is 44.2. The van der Waals surface area contributed by atoms with Crippen LogP contribution in [0.3, 0.4) is 0 Å². The number of hydrogen-bond acceptors (Lipinski definition) is 5. The number of carbonyl (C=O) groups is 3. The number of rotatable bonds is 3. The van der Waals surface area contributed by atoms with Crippen molar-refractivity contribution in [2.75, 3.05) is 13.1 Å². The number of amides is 3. The van der Waals surface area contributed by atoms with Gasteiger partial charge in [0.25, 0.3) is 5.91 Å². The lowest BCUT2D eigenvalue weighted by Crippen LogP contribution is -2.82. The van der Waals surface area contributed by atoms with E-state index in [2.05, 4.69) is 0 Å². The smallest absolute Gasteiger partial charge is 0.411 e. The van der Waals surface area contributed by atoms with Crippen molar-refractivity contribution in [3.8, 4) is 0 Å². The van der Waals surface area contributed by atoms with E-state index in [-0.39, 0.29) is 23.9 Å². The largest absolute Gasteiger partial charge is 0.444 e. The first-order chi connectivity index (χ1) is 13.4. The zero-order valence-corrected chi connectivity index (χ0v) is 18.5. The minimum atomic E-state index is -1.000. The van der Waals surface area contributed by atoms with Gasteiger partial charge in [-0.2, -0.15) is 0 Å². The van der Waals surface area contributed by atoms with Crippen LogP contribution in [0.5, 0.6) is 0 Å². The minimum Gasteiger partial charge on any atom is -0.444 e. The fraction of sp³-hybridized carbons (Fsp3) is 0.857. The molecular weight excluding hydrogens is 374 g/mol. The van der Waals surface area contributed by atoms with Crippen molar-refractivity contribution in [3.05, 3.63) is 0 Å². The second-order valence-corrected chi connectivity index (χ2v) is 9.77. The van der Waals surface area contributed by atoms with Crippen LogP contribution >= 0.6 is 0 Å². The average Bonchev–Trinajstić information content (AvgIpc) is 3.25. The molecule has 29 heavy (non-hydrogen) atoms. The highest BCUT2D eigenvalue weighted by molar-refractivity contribution is 6.01. The van der Waals surface area contributed by atoms with Crippen LogP contribution in [0, 0.1) is 0 Å². The van der Waals surface area contributed by atoms with E-state index < -0.39 is 29.4 Å². The zero-order valence-electron chi connectivity index (χ0n) is 18.5. The minimum absolute atomic E-state index is 0.127. The molecule has 0 bridgehead atoms. The Hall–Kier alpha value is -1.83. The van der Waals surface area contributed by atoms with Crippen LogP contribution in [0.2, 0.25) is 0 Å². The Balaban J connectivity index is 1.86. The molecule has 8 nitrogen and oxygen atoms in total. The lowest BCUT2D eigenvalue weighted by atomic mass is 9.75. The molecule has 3 rings (SSSR count). The van der Waals surface area contributed by atoms with Gasteiger partial charge in [0, 0.05) is 19.1 Å². The van der Waals surface area contributed by atoms with Crippen molar-refractivity contribution >= 4 is 17.9 Å². The Morgan fingerprint density at radius 3 is 2.28 bits per heavy atom. The van der Waals surface area contributed by atoms with Crippen LogP contribution in [-0.4, -0.2) is 86.2 Å². The van der Waals surface area contributed by atoms with Gasteiger partial charge >= 0.3 is 6.09 Å². The highest BCUT2D eigenvalue weighted by atomic mass is 16.6. The predicted octanol–water partition coefficient (Wildman–Crippen LogP) is 1.75. The molecule has 4 unspecified atom stereocenters. The molecule has 3 saturated heterocycles. The molecule has 3 heterocycles. The van der Waals surface area contributed by atoms with Crippen molar-refractivity contribution in [3.63, 3.8) is 0 Å². The number of hydrogen-bond donors (Lipinski definition) is 1. The summed E-state index contributed by atoms with van der Waals surface area (Å²) in [7, 11) is 0. The third-order valence-electron chi connectivity index (χ3n) is 6.54. The maximum atomic E-state index is 13.5. The number of likely N-dealkylation sites (tertiary alicyclic amines) is 3. The van der Waals surface area contributed by atoms with E-state index in [9.17, 15) is 19.5 Å². The van der Waals surface area contributed by atoms with Gasteiger partial charge < -0.3 is 19.6 Å². The van der Waals surface area contributed by atoms with Gasteiger partial charge in [0.1, 0.15) is 17.2 Å². The number of carbonyl (C=O) groups excluding carboxylic acids is 3. The van der Waals surface area contributed by atoms with Gasteiger partial charge in [0.2, 0.25) is 5.91 Å². The SMILES string of the molecule is CC1CCC2(C(=O)N(C(C(=O)N3CCCC3)[C@@H](C)O)C2C)N1C(=O)OC(C)(C)C. The van der Waals surface area contributed by atoms with Crippen LogP contribution in [0.1, 0.15) is 67.2 Å². The fourth-order valence-electron chi connectivity index (χ4n) is 5.14. The number of aliphatic hydroxyl groups excluding tert-OH is 1. The Morgan fingerprint density at radius 1 is 1.21 bits per heavy atom. The molecule has 0 aromatic rings. The molecule has 0 saturated carbocycles. The lowest BCUT2D eigenvalue weighted by molar-refractivity contribution is -0.186. The Labute approximate surface area is 173 Å². The quantitative estimate of drug-likeness (QED) is 0.717. The van der Waals surface area contributed by atoms with E-state index >= 15 is 0 Å². The summed E-state index contributed by atoms with van der Waals surface area (Å²) >= 11 is 0. The van der Waals surface area contributed by atoms with Crippen LogP contribution in [-0.2, 0) is 14.3 Å². The zero-order chi connectivity index (χ0) is 21.7. The molecule has 3 amide bonds. The molecule has 164 valence electrons. The number of aliphatic hydroxyl groups is 1. The van der Waals surface area contributed by atoms with Crippen LogP contribution in [0.15, 0.2) is 0 Å². The van der Waals surface area contributed by atoms with Gasteiger partial charge in [-0.25, -0.2) is 4.79 Å². The van der Waals surface area contributed by atoms with Crippen LogP contribution < -0.4 is 0 Å². The van der Waals surface area contributed by atoms with E-state index in [4.69, 9.17) is 4.74 Å². The van der Waals surface area contributed by atoms with Crippen molar-refractivity contribution in [2.24, 2.45) is 0 Å². The highest BCUT2D eigenvalue weighted by Crippen LogP contribution is 2.48. The maximum Gasteiger partial charge on any atom is 0.411 e. The van der Waals surface area contributed by atoms with Crippen LogP contribution in [0.4, 0.5) is 4.79 Å². The van der Waals surface area contributed by atoms with Crippen LogP contribution in [0.25, 0.3) is 0 Å².